The Morgan fingerprint density at radius 2 is 1.91 bits per heavy atom. The molecule has 0 N–H and O–H groups in total. The van der Waals surface area contributed by atoms with Crippen molar-refractivity contribution in [2.75, 3.05) is 25.2 Å². The van der Waals surface area contributed by atoms with Crippen LogP contribution in [0.2, 0.25) is 0 Å². The SMILES string of the molecule is CN(CCC(F)(F)F)C(=O)[C@H]1CSCN1C(=O)OC(C)(C)C. The molecule has 0 spiro atoms. The van der Waals surface area contributed by atoms with Crippen molar-refractivity contribution in [1.82, 2.24) is 9.80 Å². The smallest absolute Gasteiger partial charge is 0.411 e. The highest BCUT2D eigenvalue weighted by Crippen LogP contribution is 2.25. The number of hydrogen-bond acceptors (Lipinski definition) is 4. The first-order valence-electron chi connectivity index (χ1n) is 6.80. The number of hydrogen-bond donors (Lipinski definition) is 0. The van der Waals surface area contributed by atoms with Gasteiger partial charge in [0, 0.05) is 19.3 Å². The summed E-state index contributed by atoms with van der Waals surface area (Å²) in [5.41, 5.74) is -0.694. The van der Waals surface area contributed by atoms with E-state index in [9.17, 15) is 22.8 Å². The summed E-state index contributed by atoms with van der Waals surface area (Å²) in [5, 5.41) is 0. The van der Waals surface area contributed by atoms with Crippen LogP contribution in [-0.4, -0.2) is 64.8 Å². The molecule has 1 heterocycles. The summed E-state index contributed by atoms with van der Waals surface area (Å²) in [6, 6.07) is -0.780. The number of carbonyl (C=O) groups is 2. The number of ether oxygens (including phenoxy) is 1. The topological polar surface area (TPSA) is 49.9 Å². The van der Waals surface area contributed by atoms with E-state index in [0.29, 0.717) is 11.6 Å². The van der Waals surface area contributed by atoms with Crippen LogP contribution in [0.15, 0.2) is 0 Å². The molecule has 1 aliphatic rings. The van der Waals surface area contributed by atoms with Crippen LogP contribution in [0.3, 0.4) is 0 Å². The molecule has 22 heavy (non-hydrogen) atoms. The van der Waals surface area contributed by atoms with Crippen LogP contribution in [0.25, 0.3) is 0 Å². The van der Waals surface area contributed by atoms with Crippen molar-refractivity contribution in [1.29, 1.82) is 0 Å². The fraction of sp³-hybridized carbons (Fsp3) is 0.846. The normalized spacial score (nSPS) is 19.2. The monoisotopic (exact) mass is 342 g/mol. The molecule has 1 rings (SSSR count). The number of thioether (sulfide) groups is 1. The molecule has 9 heteroatoms. The van der Waals surface area contributed by atoms with Gasteiger partial charge in [0.25, 0.3) is 0 Å². The van der Waals surface area contributed by atoms with Crippen molar-refractivity contribution in [3.63, 3.8) is 0 Å². The van der Waals surface area contributed by atoms with Crippen molar-refractivity contribution >= 4 is 23.8 Å². The highest BCUT2D eigenvalue weighted by Gasteiger charge is 2.39. The van der Waals surface area contributed by atoms with Crippen LogP contribution in [0.5, 0.6) is 0 Å². The molecular weight excluding hydrogens is 321 g/mol. The molecule has 0 aromatic carbocycles. The van der Waals surface area contributed by atoms with Crippen LogP contribution in [-0.2, 0) is 9.53 Å². The zero-order valence-corrected chi connectivity index (χ0v) is 13.9. The zero-order valence-electron chi connectivity index (χ0n) is 13.1. The Kier molecular flexibility index (Phi) is 6.00. The molecule has 1 aliphatic heterocycles. The fourth-order valence-corrected chi connectivity index (χ4v) is 2.94. The van der Waals surface area contributed by atoms with E-state index in [-0.39, 0.29) is 0 Å². The van der Waals surface area contributed by atoms with Gasteiger partial charge in [-0.05, 0) is 20.8 Å². The lowest BCUT2D eigenvalue weighted by molar-refractivity contribution is -0.146. The van der Waals surface area contributed by atoms with E-state index in [1.54, 1.807) is 20.8 Å². The molecule has 128 valence electrons. The Balaban J connectivity index is 2.65. The van der Waals surface area contributed by atoms with Gasteiger partial charge in [-0.1, -0.05) is 0 Å². The Morgan fingerprint density at radius 3 is 2.41 bits per heavy atom. The van der Waals surface area contributed by atoms with Gasteiger partial charge in [-0.2, -0.15) is 13.2 Å². The van der Waals surface area contributed by atoms with Gasteiger partial charge in [-0.15, -0.1) is 11.8 Å². The molecule has 2 amide bonds. The van der Waals surface area contributed by atoms with Crippen LogP contribution < -0.4 is 0 Å². The Hall–Kier alpha value is -1.12. The fourth-order valence-electron chi connectivity index (χ4n) is 1.81. The van der Waals surface area contributed by atoms with E-state index in [4.69, 9.17) is 4.74 Å². The van der Waals surface area contributed by atoms with Gasteiger partial charge in [-0.3, -0.25) is 9.69 Å². The second-order valence-corrected chi connectivity index (χ2v) is 7.09. The van der Waals surface area contributed by atoms with Crippen molar-refractivity contribution in [3.05, 3.63) is 0 Å². The number of alkyl halides is 3. The molecule has 0 bridgehead atoms. The van der Waals surface area contributed by atoms with Crippen molar-refractivity contribution < 1.29 is 27.5 Å². The van der Waals surface area contributed by atoms with Gasteiger partial charge in [0.05, 0.1) is 12.3 Å². The second-order valence-electron chi connectivity index (χ2n) is 6.09. The second kappa shape index (κ2) is 6.97. The van der Waals surface area contributed by atoms with Crippen LogP contribution in [0, 0.1) is 0 Å². The van der Waals surface area contributed by atoms with Crippen LogP contribution in [0.4, 0.5) is 18.0 Å². The summed E-state index contributed by atoms with van der Waals surface area (Å²) in [7, 11) is 1.31. The maximum absolute atomic E-state index is 12.2. The molecule has 1 atom stereocenters. The van der Waals surface area contributed by atoms with Gasteiger partial charge < -0.3 is 9.64 Å². The van der Waals surface area contributed by atoms with E-state index >= 15 is 0 Å². The molecule has 0 unspecified atom stereocenters. The van der Waals surface area contributed by atoms with Gasteiger partial charge in [0.15, 0.2) is 0 Å². The van der Waals surface area contributed by atoms with E-state index in [1.165, 1.54) is 23.7 Å². The van der Waals surface area contributed by atoms with E-state index in [0.717, 1.165) is 4.90 Å². The first-order chi connectivity index (χ1) is 9.91. The summed E-state index contributed by atoms with van der Waals surface area (Å²) in [6.45, 7) is 4.70. The van der Waals surface area contributed by atoms with E-state index < -0.39 is 42.8 Å². The lowest BCUT2D eigenvalue weighted by Gasteiger charge is -2.29. The molecule has 0 aromatic rings. The maximum Gasteiger partial charge on any atom is 0.411 e. The number of rotatable bonds is 3. The first-order valence-corrected chi connectivity index (χ1v) is 7.95. The quantitative estimate of drug-likeness (QED) is 0.791. The third-order valence-electron chi connectivity index (χ3n) is 2.90. The molecule has 0 saturated carbocycles. The standard InChI is InChI=1S/C13H21F3N2O3S/c1-12(2,3)21-11(20)18-8-22-7-9(18)10(19)17(4)6-5-13(14,15)16/h9H,5-8H2,1-4H3/t9-/m1/s1. The summed E-state index contributed by atoms with van der Waals surface area (Å²) >= 11 is 1.37. The molecular formula is C13H21F3N2O3S. The number of carbonyl (C=O) groups excluding carboxylic acids is 2. The first kappa shape index (κ1) is 18.9. The van der Waals surface area contributed by atoms with Crippen molar-refractivity contribution in [2.45, 2.75) is 45.0 Å². The van der Waals surface area contributed by atoms with Crippen molar-refractivity contribution in [3.8, 4) is 0 Å². The Morgan fingerprint density at radius 1 is 1.32 bits per heavy atom. The summed E-state index contributed by atoms with van der Waals surface area (Å²) in [5.74, 6) is 0.146. The van der Waals surface area contributed by atoms with Crippen LogP contribution in [0.1, 0.15) is 27.2 Å². The average Bonchev–Trinajstić information content (AvgIpc) is 2.81. The Bertz CT molecular complexity index is 424. The molecule has 1 fully saturated rings. The average molecular weight is 342 g/mol. The highest BCUT2D eigenvalue weighted by molar-refractivity contribution is 7.99. The summed E-state index contributed by atoms with van der Waals surface area (Å²) in [4.78, 5) is 26.6. The Labute approximate surface area is 132 Å². The minimum absolute atomic E-state index is 0.290. The van der Waals surface area contributed by atoms with Gasteiger partial charge >= 0.3 is 12.3 Å². The summed E-state index contributed by atoms with van der Waals surface area (Å²) < 4.78 is 41.9. The molecule has 0 radical (unpaired) electrons. The predicted octanol–water partition coefficient (Wildman–Crippen LogP) is 2.71. The zero-order chi connectivity index (χ0) is 17.1. The minimum Gasteiger partial charge on any atom is -0.444 e. The predicted molar refractivity (Wildman–Crippen MR) is 77.5 cm³/mol. The van der Waals surface area contributed by atoms with E-state index in [2.05, 4.69) is 0 Å². The lowest BCUT2D eigenvalue weighted by Crippen LogP contribution is -2.49. The number of halogens is 3. The summed E-state index contributed by atoms with van der Waals surface area (Å²) in [6.07, 6.45) is -6.01. The lowest BCUT2D eigenvalue weighted by atomic mass is 10.2. The van der Waals surface area contributed by atoms with Gasteiger partial charge in [0.1, 0.15) is 11.6 Å². The molecule has 0 aromatic heterocycles. The van der Waals surface area contributed by atoms with Gasteiger partial charge in [0.2, 0.25) is 5.91 Å². The third kappa shape index (κ3) is 5.94. The van der Waals surface area contributed by atoms with Crippen LogP contribution >= 0.6 is 11.8 Å². The third-order valence-corrected chi connectivity index (χ3v) is 3.91. The molecule has 5 nitrogen and oxygen atoms in total. The number of amides is 2. The minimum atomic E-state index is -4.32. The highest BCUT2D eigenvalue weighted by atomic mass is 32.2. The molecule has 1 saturated heterocycles. The van der Waals surface area contributed by atoms with Gasteiger partial charge in [-0.25, -0.2) is 4.79 Å². The molecule has 0 aliphatic carbocycles. The number of likely N-dealkylation sites (N-methyl/N-ethyl adjacent to an activating group) is 1. The maximum atomic E-state index is 12.2. The largest absolute Gasteiger partial charge is 0.444 e. The van der Waals surface area contributed by atoms with E-state index in [1.807, 2.05) is 0 Å². The number of nitrogens with zero attached hydrogens (tertiary/aromatic N) is 2. The van der Waals surface area contributed by atoms with Crippen molar-refractivity contribution in [2.24, 2.45) is 0 Å².